The molecule has 4 rings (SSSR count). The molecule has 1 aromatic heterocycles. The minimum atomic E-state index is -0.976. The second-order valence-corrected chi connectivity index (χ2v) is 7.39. The van der Waals surface area contributed by atoms with E-state index in [4.69, 9.17) is 4.98 Å². The average molecular weight is 373 g/mol. The molecule has 1 fully saturated rings. The Kier molecular flexibility index (Phi) is 4.65. The van der Waals surface area contributed by atoms with Crippen LogP contribution in [0.15, 0.2) is 42.5 Å². The number of fused-ring (bicyclic) bond motifs is 1. The number of rotatable bonds is 4. The summed E-state index contributed by atoms with van der Waals surface area (Å²) < 4.78 is 27.4. The van der Waals surface area contributed by atoms with E-state index in [9.17, 15) is 13.6 Å². The van der Waals surface area contributed by atoms with E-state index in [-0.39, 0.29) is 24.2 Å². The van der Waals surface area contributed by atoms with Crippen LogP contribution in [0.2, 0.25) is 0 Å². The number of carbonyl (C=O) groups is 1. The molecule has 7 heteroatoms. The molecule has 1 N–H and O–H groups in total. The molecule has 0 spiro atoms. The van der Waals surface area contributed by atoms with Gasteiger partial charge in [0, 0.05) is 11.8 Å². The summed E-state index contributed by atoms with van der Waals surface area (Å²) in [4.78, 5) is 19.1. The van der Waals surface area contributed by atoms with Gasteiger partial charge >= 0.3 is 0 Å². The zero-order valence-corrected chi connectivity index (χ0v) is 14.7. The number of carbonyl (C=O) groups excluding carboxylic acids is 1. The van der Waals surface area contributed by atoms with Crippen molar-refractivity contribution in [3.63, 3.8) is 0 Å². The molecule has 1 aliphatic heterocycles. The highest BCUT2D eigenvalue weighted by molar-refractivity contribution is 7.18. The first kappa shape index (κ1) is 17.1. The molecule has 0 aliphatic carbocycles. The first-order chi connectivity index (χ1) is 12.6. The van der Waals surface area contributed by atoms with E-state index in [0.717, 1.165) is 46.7 Å². The third-order valence-corrected chi connectivity index (χ3v) is 5.65. The lowest BCUT2D eigenvalue weighted by Gasteiger charge is -2.22. The minimum Gasteiger partial charge on any atom is -0.325 e. The number of aromatic nitrogens is 1. The smallest absolute Gasteiger partial charge is 0.238 e. The number of likely N-dealkylation sites (tertiary alicyclic amines) is 1. The first-order valence-corrected chi connectivity index (χ1v) is 9.26. The number of benzene rings is 2. The molecule has 0 bridgehead atoms. The van der Waals surface area contributed by atoms with Gasteiger partial charge in [-0.2, -0.15) is 0 Å². The molecule has 134 valence electrons. The molecule has 3 aromatic rings. The molecule has 26 heavy (non-hydrogen) atoms. The number of hydrogen-bond donors (Lipinski definition) is 1. The lowest BCUT2D eigenvalue weighted by Crippen LogP contribution is -2.32. The van der Waals surface area contributed by atoms with Crippen molar-refractivity contribution in [3.8, 4) is 0 Å². The van der Waals surface area contributed by atoms with Crippen LogP contribution in [-0.2, 0) is 4.79 Å². The van der Waals surface area contributed by atoms with E-state index in [0.29, 0.717) is 0 Å². The van der Waals surface area contributed by atoms with Crippen molar-refractivity contribution in [1.82, 2.24) is 9.88 Å². The van der Waals surface area contributed by atoms with Crippen LogP contribution in [0.25, 0.3) is 10.2 Å². The second kappa shape index (κ2) is 7.09. The third-order valence-electron chi connectivity index (χ3n) is 4.51. The summed E-state index contributed by atoms with van der Waals surface area (Å²) >= 11 is 1.66. The zero-order chi connectivity index (χ0) is 18.1. The Balaban J connectivity index is 1.46. The number of amides is 1. The van der Waals surface area contributed by atoms with Gasteiger partial charge < -0.3 is 5.32 Å². The monoisotopic (exact) mass is 373 g/mol. The molecule has 1 saturated heterocycles. The third kappa shape index (κ3) is 3.45. The zero-order valence-electron chi connectivity index (χ0n) is 13.9. The van der Waals surface area contributed by atoms with Gasteiger partial charge in [0.05, 0.1) is 22.8 Å². The lowest BCUT2D eigenvalue weighted by atomic mass is 10.2. The summed E-state index contributed by atoms with van der Waals surface area (Å²) in [5, 5.41) is 3.65. The Labute approximate surface area is 153 Å². The summed E-state index contributed by atoms with van der Waals surface area (Å²) in [7, 11) is 0. The maximum Gasteiger partial charge on any atom is 0.238 e. The Morgan fingerprint density at radius 3 is 2.88 bits per heavy atom. The van der Waals surface area contributed by atoms with Gasteiger partial charge in [0.1, 0.15) is 5.01 Å². The number of halogens is 2. The van der Waals surface area contributed by atoms with Gasteiger partial charge in [0.25, 0.3) is 0 Å². The highest BCUT2D eigenvalue weighted by Gasteiger charge is 2.30. The van der Waals surface area contributed by atoms with Crippen LogP contribution in [-0.4, -0.2) is 28.9 Å². The van der Waals surface area contributed by atoms with Gasteiger partial charge in [-0.25, -0.2) is 13.8 Å². The quantitative estimate of drug-likeness (QED) is 0.740. The molecule has 0 radical (unpaired) electrons. The summed E-state index contributed by atoms with van der Waals surface area (Å²) in [6.07, 6.45) is 1.96. The molecule has 2 aromatic carbocycles. The largest absolute Gasteiger partial charge is 0.325 e. The van der Waals surface area contributed by atoms with Crippen molar-refractivity contribution in [2.24, 2.45) is 0 Å². The summed E-state index contributed by atoms with van der Waals surface area (Å²) in [5.74, 6) is -2.15. The van der Waals surface area contributed by atoms with Crippen LogP contribution >= 0.6 is 11.3 Å². The van der Waals surface area contributed by atoms with E-state index < -0.39 is 11.6 Å². The molecule has 1 unspecified atom stereocenters. The molecule has 0 saturated carbocycles. The van der Waals surface area contributed by atoms with Gasteiger partial charge in [-0.05, 0) is 43.7 Å². The van der Waals surface area contributed by atoms with Crippen LogP contribution in [0.4, 0.5) is 14.5 Å². The molecular formula is C19H17F2N3OS. The van der Waals surface area contributed by atoms with E-state index in [1.807, 2.05) is 24.3 Å². The second-order valence-electron chi connectivity index (χ2n) is 6.33. The highest BCUT2D eigenvalue weighted by Crippen LogP contribution is 2.36. The molecule has 1 aliphatic rings. The van der Waals surface area contributed by atoms with Crippen molar-refractivity contribution in [1.29, 1.82) is 0 Å². The van der Waals surface area contributed by atoms with E-state index in [1.165, 1.54) is 6.07 Å². The van der Waals surface area contributed by atoms with Gasteiger partial charge in [-0.15, -0.1) is 11.3 Å². The van der Waals surface area contributed by atoms with Crippen molar-refractivity contribution >= 4 is 33.1 Å². The van der Waals surface area contributed by atoms with Crippen molar-refractivity contribution in [3.05, 3.63) is 59.1 Å². The number of thiazole rings is 1. The van der Waals surface area contributed by atoms with Gasteiger partial charge in [-0.3, -0.25) is 9.69 Å². The summed E-state index contributed by atoms with van der Waals surface area (Å²) in [5.41, 5.74) is 1.23. The number of nitrogens with one attached hydrogen (secondary N) is 1. The Hall–Kier alpha value is -2.38. The summed E-state index contributed by atoms with van der Waals surface area (Å²) in [6.45, 7) is 1.01. The number of nitrogens with zero attached hydrogens (tertiary/aromatic N) is 2. The van der Waals surface area contributed by atoms with E-state index in [1.54, 1.807) is 11.3 Å². The standard InChI is InChI=1S/C19H17F2N3OS/c20-13-8-7-12(10-14(13)21)22-18(25)11-24-9-3-5-16(24)19-23-15-4-1-2-6-17(15)26-19/h1-2,4,6-8,10,16H,3,5,9,11H2,(H,22,25). The number of hydrogen-bond acceptors (Lipinski definition) is 4. The van der Waals surface area contributed by atoms with E-state index >= 15 is 0 Å². The van der Waals surface area contributed by atoms with Crippen LogP contribution < -0.4 is 5.32 Å². The van der Waals surface area contributed by atoms with Crippen molar-refractivity contribution in [2.75, 3.05) is 18.4 Å². The molecule has 2 heterocycles. The minimum absolute atomic E-state index is 0.114. The van der Waals surface area contributed by atoms with Gasteiger partial charge in [0.15, 0.2) is 11.6 Å². The molecule has 4 nitrogen and oxygen atoms in total. The van der Waals surface area contributed by atoms with Gasteiger partial charge in [0.2, 0.25) is 5.91 Å². The van der Waals surface area contributed by atoms with Crippen LogP contribution in [0.3, 0.4) is 0 Å². The lowest BCUT2D eigenvalue weighted by molar-refractivity contribution is -0.117. The topological polar surface area (TPSA) is 45.2 Å². The normalized spacial score (nSPS) is 17.7. The maximum absolute atomic E-state index is 13.3. The van der Waals surface area contributed by atoms with Crippen LogP contribution in [0.5, 0.6) is 0 Å². The first-order valence-electron chi connectivity index (χ1n) is 8.44. The fourth-order valence-corrected chi connectivity index (χ4v) is 4.42. The Morgan fingerprint density at radius 2 is 2.08 bits per heavy atom. The molecular weight excluding hydrogens is 356 g/mol. The molecule has 1 amide bonds. The van der Waals surface area contributed by atoms with Crippen molar-refractivity contribution < 1.29 is 13.6 Å². The number of anilines is 1. The maximum atomic E-state index is 13.3. The predicted molar refractivity (Wildman–Crippen MR) is 98.2 cm³/mol. The van der Waals surface area contributed by atoms with Crippen molar-refractivity contribution in [2.45, 2.75) is 18.9 Å². The average Bonchev–Trinajstić information content (AvgIpc) is 3.24. The predicted octanol–water partition coefficient (Wildman–Crippen LogP) is 4.35. The Bertz CT molecular complexity index is 926. The van der Waals surface area contributed by atoms with Crippen LogP contribution in [0, 0.1) is 11.6 Å². The van der Waals surface area contributed by atoms with E-state index in [2.05, 4.69) is 10.2 Å². The highest BCUT2D eigenvalue weighted by atomic mass is 32.1. The Morgan fingerprint density at radius 1 is 1.23 bits per heavy atom. The number of para-hydroxylation sites is 1. The summed E-state index contributed by atoms with van der Waals surface area (Å²) in [6, 6.07) is 11.5. The fourth-order valence-electron chi connectivity index (χ4n) is 3.29. The molecule has 1 atom stereocenters. The SMILES string of the molecule is O=C(CN1CCCC1c1nc2ccccc2s1)Nc1ccc(F)c(F)c1. The fraction of sp³-hybridized carbons (Fsp3) is 0.263. The van der Waals surface area contributed by atoms with Gasteiger partial charge in [-0.1, -0.05) is 12.1 Å². The van der Waals surface area contributed by atoms with Crippen LogP contribution in [0.1, 0.15) is 23.9 Å².